The Morgan fingerprint density at radius 2 is 2.05 bits per heavy atom. The zero-order chi connectivity index (χ0) is 14.5. The van der Waals surface area contributed by atoms with E-state index in [2.05, 4.69) is 41.4 Å². The van der Waals surface area contributed by atoms with Gasteiger partial charge in [0.25, 0.3) is 0 Å². The minimum Gasteiger partial charge on any atom is -0.381 e. The Labute approximate surface area is 121 Å². The number of hydrogen-bond acceptors (Lipinski definition) is 5. The summed E-state index contributed by atoms with van der Waals surface area (Å²) in [7, 11) is 1.79. The molecule has 1 saturated carbocycles. The van der Waals surface area contributed by atoms with Crippen LogP contribution >= 0.6 is 0 Å². The summed E-state index contributed by atoms with van der Waals surface area (Å²) in [6, 6.07) is 0.446. The summed E-state index contributed by atoms with van der Waals surface area (Å²) in [5.74, 6) is 2.29. The Morgan fingerprint density at radius 1 is 1.30 bits per heavy atom. The van der Waals surface area contributed by atoms with Crippen molar-refractivity contribution in [3.63, 3.8) is 0 Å². The summed E-state index contributed by atoms with van der Waals surface area (Å²) >= 11 is 0. The van der Waals surface area contributed by atoms with E-state index in [1.54, 1.807) is 13.4 Å². The molecule has 0 radical (unpaired) electrons. The molecule has 0 aliphatic heterocycles. The van der Waals surface area contributed by atoms with Gasteiger partial charge in [-0.15, -0.1) is 0 Å². The summed E-state index contributed by atoms with van der Waals surface area (Å²) in [5, 5.41) is 6.91. The smallest absolute Gasteiger partial charge is 0.135 e. The number of nitrogens with one attached hydrogen (secondary N) is 2. The predicted molar refractivity (Wildman–Crippen MR) is 82.3 cm³/mol. The van der Waals surface area contributed by atoms with Gasteiger partial charge in [-0.2, -0.15) is 0 Å². The summed E-state index contributed by atoms with van der Waals surface area (Å²) < 4.78 is 5.43. The largest absolute Gasteiger partial charge is 0.381 e. The quantitative estimate of drug-likeness (QED) is 0.837. The van der Waals surface area contributed by atoms with Gasteiger partial charge >= 0.3 is 0 Å². The molecule has 0 aromatic carbocycles. The SMILES string of the molecule is CCNc1ncnc(NC2CCC(OC)C2)c1C(C)C. The van der Waals surface area contributed by atoms with Crippen LogP contribution in [-0.2, 0) is 4.74 Å². The molecule has 2 rings (SSSR count). The van der Waals surface area contributed by atoms with E-state index in [1.165, 1.54) is 5.56 Å². The summed E-state index contributed by atoms with van der Waals surface area (Å²) in [6.07, 6.45) is 5.32. The fraction of sp³-hybridized carbons (Fsp3) is 0.733. The van der Waals surface area contributed by atoms with Gasteiger partial charge in [0.1, 0.15) is 18.0 Å². The third-order valence-electron chi connectivity index (χ3n) is 3.86. The molecule has 2 unspecified atom stereocenters. The van der Waals surface area contributed by atoms with E-state index in [0.29, 0.717) is 18.1 Å². The molecule has 5 heteroatoms. The van der Waals surface area contributed by atoms with Crippen LogP contribution in [0.3, 0.4) is 0 Å². The van der Waals surface area contributed by atoms with Crippen LogP contribution in [0.2, 0.25) is 0 Å². The number of rotatable bonds is 6. The first kappa shape index (κ1) is 15.0. The van der Waals surface area contributed by atoms with Crippen molar-refractivity contribution < 1.29 is 4.74 Å². The highest BCUT2D eigenvalue weighted by Crippen LogP contribution is 2.31. The molecule has 1 fully saturated rings. The van der Waals surface area contributed by atoms with Gasteiger partial charge in [0.2, 0.25) is 0 Å². The molecule has 1 aliphatic carbocycles. The van der Waals surface area contributed by atoms with E-state index in [-0.39, 0.29) is 0 Å². The molecule has 20 heavy (non-hydrogen) atoms. The van der Waals surface area contributed by atoms with E-state index >= 15 is 0 Å². The maximum absolute atomic E-state index is 5.43. The average molecular weight is 278 g/mol. The molecule has 2 N–H and O–H groups in total. The van der Waals surface area contributed by atoms with Crippen LogP contribution in [0.5, 0.6) is 0 Å². The highest BCUT2D eigenvalue weighted by Gasteiger charge is 2.26. The van der Waals surface area contributed by atoms with Crippen LogP contribution in [-0.4, -0.2) is 35.8 Å². The van der Waals surface area contributed by atoms with E-state index in [4.69, 9.17) is 4.74 Å². The fourth-order valence-electron chi connectivity index (χ4n) is 2.84. The second kappa shape index (κ2) is 6.88. The van der Waals surface area contributed by atoms with E-state index < -0.39 is 0 Å². The maximum atomic E-state index is 5.43. The lowest BCUT2D eigenvalue weighted by Gasteiger charge is -2.20. The minimum atomic E-state index is 0.380. The number of methoxy groups -OCH3 is 1. The van der Waals surface area contributed by atoms with E-state index in [0.717, 1.165) is 37.4 Å². The highest BCUT2D eigenvalue weighted by atomic mass is 16.5. The van der Waals surface area contributed by atoms with Gasteiger partial charge in [0.05, 0.1) is 6.10 Å². The van der Waals surface area contributed by atoms with Gasteiger partial charge in [-0.3, -0.25) is 0 Å². The second-order valence-corrected chi connectivity index (χ2v) is 5.68. The van der Waals surface area contributed by atoms with Crippen molar-refractivity contribution in [1.29, 1.82) is 0 Å². The van der Waals surface area contributed by atoms with Gasteiger partial charge in [-0.05, 0) is 32.1 Å². The second-order valence-electron chi connectivity index (χ2n) is 5.68. The van der Waals surface area contributed by atoms with Gasteiger partial charge in [0.15, 0.2) is 0 Å². The molecule has 1 aromatic heterocycles. The number of aromatic nitrogens is 2. The van der Waals surface area contributed by atoms with Crippen LogP contribution in [0.25, 0.3) is 0 Å². The summed E-state index contributed by atoms with van der Waals surface area (Å²) in [5.41, 5.74) is 1.18. The monoisotopic (exact) mass is 278 g/mol. The van der Waals surface area contributed by atoms with Gasteiger partial charge in [-0.25, -0.2) is 9.97 Å². The Hall–Kier alpha value is -1.36. The molecule has 5 nitrogen and oxygen atoms in total. The summed E-state index contributed by atoms with van der Waals surface area (Å²) in [6.45, 7) is 7.31. The van der Waals surface area contributed by atoms with Crippen molar-refractivity contribution in [2.75, 3.05) is 24.3 Å². The average Bonchev–Trinajstić information content (AvgIpc) is 2.86. The normalized spacial score (nSPS) is 22.2. The third kappa shape index (κ3) is 3.39. The minimum absolute atomic E-state index is 0.380. The molecule has 0 saturated heterocycles. The van der Waals surface area contributed by atoms with Crippen molar-refractivity contribution in [3.05, 3.63) is 11.9 Å². The molecule has 1 aromatic rings. The number of hydrogen-bond donors (Lipinski definition) is 2. The zero-order valence-corrected chi connectivity index (χ0v) is 12.9. The molecule has 1 aliphatic rings. The number of nitrogens with zero attached hydrogens (tertiary/aromatic N) is 2. The lowest BCUT2D eigenvalue weighted by atomic mass is 10.0. The van der Waals surface area contributed by atoms with Crippen molar-refractivity contribution in [3.8, 4) is 0 Å². The van der Waals surface area contributed by atoms with E-state index in [1.807, 2.05) is 0 Å². The molecule has 0 bridgehead atoms. The Morgan fingerprint density at radius 3 is 2.65 bits per heavy atom. The molecule has 0 spiro atoms. The fourth-order valence-corrected chi connectivity index (χ4v) is 2.84. The molecular weight excluding hydrogens is 252 g/mol. The highest BCUT2D eigenvalue weighted by molar-refractivity contribution is 5.59. The van der Waals surface area contributed by atoms with Crippen LogP contribution in [0, 0.1) is 0 Å². The van der Waals surface area contributed by atoms with Crippen LogP contribution in [0.15, 0.2) is 6.33 Å². The van der Waals surface area contributed by atoms with Crippen molar-refractivity contribution in [1.82, 2.24) is 9.97 Å². The standard InChI is InChI=1S/C15H26N4O/c1-5-16-14-13(10(2)3)15(18-9-17-14)19-11-6-7-12(8-11)20-4/h9-12H,5-8H2,1-4H3,(H2,16,17,18,19). The predicted octanol–water partition coefficient (Wildman–Crippen LogP) is 3.01. The van der Waals surface area contributed by atoms with Crippen molar-refractivity contribution >= 4 is 11.6 Å². The van der Waals surface area contributed by atoms with Crippen LogP contribution in [0.1, 0.15) is 51.5 Å². The van der Waals surface area contributed by atoms with Gasteiger partial charge < -0.3 is 15.4 Å². The van der Waals surface area contributed by atoms with E-state index in [9.17, 15) is 0 Å². The van der Waals surface area contributed by atoms with Gasteiger partial charge in [-0.1, -0.05) is 13.8 Å². The van der Waals surface area contributed by atoms with Crippen molar-refractivity contribution in [2.24, 2.45) is 0 Å². The first-order chi connectivity index (χ1) is 9.65. The van der Waals surface area contributed by atoms with Crippen molar-refractivity contribution in [2.45, 2.75) is 58.1 Å². The molecular formula is C15H26N4O. The molecule has 0 amide bonds. The maximum Gasteiger partial charge on any atom is 0.135 e. The Bertz CT molecular complexity index is 436. The third-order valence-corrected chi connectivity index (χ3v) is 3.86. The first-order valence-corrected chi connectivity index (χ1v) is 7.53. The Balaban J connectivity index is 2.16. The first-order valence-electron chi connectivity index (χ1n) is 7.53. The Kier molecular flexibility index (Phi) is 5.17. The molecule has 112 valence electrons. The van der Waals surface area contributed by atoms with Gasteiger partial charge in [0, 0.05) is 25.3 Å². The summed E-state index contributed by atoms with van der Waals surface area (Å²) in [4.78, 5) is 8.82. The number of anilines is 2. The molecule has 1 heterocycles. The lowest BCUT2D eigenvalue weighted by Crippen LogP contribution is -2.20. The topological polar surface area (TPSA) is 59.1 Å². The number of ether oxygens (including phenoxy) is 1. The van der Waals surface area contributed by atoms with Crippen LogP contribution < -0.4 is 10.6 Å². The van der Waals surface area contributed by atoms with Crippen LogP contribution in [0.4, 0.5) is 11.6 Å². The lowest BCUT2D eigenvalue weighted by molar-refractivity contribution is 0.108. The zero-order valence-electron chi connectivity index (χ0n) is 12.9. The molecule has 2 atom stereocenters.